The third-order valence-corrected chi connectivity index (χ3v) is 9.26. The van der Waals surface area contributed by atoms with Crippen LogP contribution in [-0.2, 0) is 37.3 Å². The predicted octanol–water partition coefficient (Wildman–Crippen LogP) is 6.65. The van der Waals surface area contributed by atoms with Crippen molar-refractivity contribution in [1.29, 1.82) is 0 Å². The number of carbonyl (C=O) groups is 3. The van der Waals surface area contributed by atoms with E-state index in [1.165, 1.54) is 6.07 Å². The zero-order valence-corrected chi connectivity index (χ0v) is 27.5. The molecule has 1 N–H and O–H groups in total. The van der Waals surface area contributed by atoms with Gasteiger partial charge in [0.05, 0.1) is 34.9 Å². The average Bonchev–Trinajstić information content (AvgIpc) is 3.71. The van der Waals surface area contributed by atoms with Crippen molar-refractivity contribution in [2.45, 2.75) is 83.8 Å². The van der Waals surface area contributed by atoms with Crippen LogP contribution in [0.15, 0.2) is 42.6 Å². The summed E-state index contributed by atoms with van der Waals surface area (Å²) in [5.41, 5.74) is 1.58. The minimum absolute atomic E-state index is 0.100. The van der Waals surface area contributed by atoms with Crippen molar-refractivity contribution in [3.63, 3.8) is 0 Å². The Hall–Kier alpha value is -3.31. The van der Waals surface area contributed by atoms with Crippen LogP contribution in [0.1, 0.15) is 74.7 Å². The summed E-state index contributed by atoms with van der Waals surface area (Å²) in [5.74, 6) is -1.62. The van der Waals surface area contributed by atoms with E-state index in [1.807, 2.05) is 49.7 Å². The number of benzene rings is 2. The van der Waals surface area contributed by atoms with Gasteiger partial charge in [-0.25, -0.2) is 4.39 Å². The van der Waals surface area contributed by atoms with Crippen molar-refractivity contribution in [1.82, 2.24) is 9.47 Å². The molecule has 0 radical (unpaired) electrons. The van der Waals surface area contributed by atoms with Gasteiger partial charge in [-0.3, -0.25) is 19.3 Å². The summed E-state index contributed by atoms with van der Waals surface area (Å²) in [6, 6.07) is 10.0. The van der Waals surface area contributed by atoms with Gasteiger partial charge >= 0.3 is 5.97 Å². The van der Waals surface area contributed by atoms with Gasteiger partial charge in [0.2, 0.25) is 6.41 Å². The number of anilines is 1. The second-order valence-electron chi connectivity index (χ2n) is 12.1. The van der Waals surface area contributed by atoms with Crippen LogP contribution in [-0.4, -0.2) is 65.4 Å². The lowest BCUT2D eigenvalue weighted by Crippen LogP contribution is -2.45. The lowest BCUT2D eigenvalue weighted by Gasteiger charge is -2.35. The van der Waals surface area contributed by atoms with Crippen LogP contribution in [0.4, 0.5) is 10.1 Å². The number of halogens is 2. The Balaban J connectivity index is 1.22. The second-order valence-corrected chi connectivity index (χ2v) is 12.5. The first kappa shape index (κ1) is 34.0. The monoisotopic (exact) mass is 655 g/mol. The normalized spacial score (nSPS) is 20.0. The Kier molecular flexibility index (Phi) is 11.5. The summed E-state index contributed by atoms with van der Waals surface area (Å²) < 4.78 is 35.1. The van der Waals surface area contributed by atoms with Gasteiger partial charge in [-0.1, -0.05) is 36.7 Å². The maximum atomic E-state index is 15.3. The Bertz CT molecular complexity index is 1550. The number of aryl methyl sites for hydroxylation is 1. The Morgan fingerprint density at radius 1 is 1.07 bits per heavy atom. The third kappa shape index (κ3) is 7.97. The molecule has 1 amide bonds. The third-order valence-electron chi connectivity index (χ3n) is 8.94. The zero-order valence-electron chi connectivity index (χ0n) is 26.7. The predicted molar refractivity (Wildman–Crippen MR) is 174 cm³/mol. The summed E-state index contributed by atoms with van der Waals surface area (Å²) in [6.07, 6.45) is 5.06. The molecule has 2 aliphatic rings. The Morgan fingerprint density at radius 3 is 2.48 bits per heavy atom. The lowest BCUT2D eigenvalue weighted by atomic mass is 9.87. The maximum Gasteiger partial charge on any atom is 0.308 e. The highest BCUT2D eigenvalue weighted by Crippen LogP contribution is 2.31. The van der Waals surface area contributed by atoms with Gasteiger partial charge in [0, 0.05) is 43.7 Å². The van der Waals surface area contributed by atoms with Gasteiger partial charge < -0.3 is 24.1 Å². The molecule has 2 fully saturated rings. The Labute approximate surface area is 274 Å². The molecule has 0 spiro atoms. The van der Waals surface area contributed by atoms with Crippen LogP contribution < -0.4 is 5.32 Å². The number of likely N-dealkylation sites (tertiary alicyclic amines) is 1. The standard InChI is InChI=1S/C35H43ClFN3O6/c1-4-32(46-35(40-16-8-9-17-40)45-24-14-12-22(13-15-24)34(43)44-5-2)31(41)19-23-18-27(36)29(20-28(23)37)38-33(42)26-21-39(3)30-11-7-6-10-25(26)30/h6-7,10-11,18,20-22,24,32,35H,4-5,8-9,12-17,19H2,1-3H3,(H,38,42)/t22?,24?,32-,35-/m0/s1. The fourth-order valence-corrected chi connectivity index (χ4v) is 6.62. The highest BCUT2D eigenvalue weighted by atomic mass is 35.5. The first-order valence-electron chi connectivity index (χ1n) is 16.3. The molecule has 248 valence electrons. The van der Waals surface area contributed by atoms with Crippen molar-refractivity contribution < 1.29 is 33.0 Å². The number of Topliss-reactive ketones (excluding diaryl/α,β-unsaturated/α-hetero) is 1. The van der Waals surface area contributed by atoms with Crippen LogP contribution in [0.25, 0.3) is 10.9 Å². The van der Waals surface area contributed by atoms with Gasteiger partial charge in [-0.05, 0) is 75.6 Å². The number of para-hydroxylation sites is 1. The lowest BCUT2D eigenvalue weighted by molar-refractivity contribution is -0.260. The van der Waals surface area contributed by atoms with Crippen molar-refractivity contribution >= 4 is 45.9 Å². The number of esters is 1. The molecule has 2 heterocycles. The van der Waals surface area contributed by atoms with E-state index in [2.05, 4.69) is 10.2 Å². The van der Waals surface area contributed by atoms with E-state index in [1.54, 1.807) is 6.20 Å². The van der Waals surface area contributed by atoms with Gasteiger partial charge in [0.25, 0.3) is 5.91 Å². The van der Waals surface area contributed by atoms with Crippen molar-refractivity contribution in [3.05, 3.63) is 64.6 Å². The molecule has 0 unspecified atom stereocenters. The molecule has 3 aromatic rings. The SMILES string of the molecule is CCOC(=O)C1CCC(O[C@@H](O[C@@H](CC)C(=O)Cc2cc(Cl)c(NC(=O)c3cn(C)c4ccccc34)cc2F)N2CCCC2)CC1. The van der Waals surface area contributed by atoms with Crippen LogP contribution >= 0.6 is 11.6 Å². The minimum Gasteiger partial charge on any atom is -0.466 e. The van der Waals surface area contributed by atoms with Gasteiger partial charge in [-0.2, -0.15) is 0 Å². The Morgan fingerprint density at radius 2 is 1.78 bits per heavy atom. The average molecular weight is 656 g/mol. The number of ketones is 1. The quantitative estimate of drug-likeness (QED) is 0.163. The molecule has 1 aliphatic heterocycles. The summed E-state index contributed by atoms with van der Waals surface area (Å²) >= 11 is 6.49. The van der Waals surface area contributed by atoms with Crippen molar-refractivity contribution in [2.24, 2.45) is 13.0 Å². The molecule has 9 nitrogen and oxygen atoms in total. The molecular weight excluding hydrogens is 613 g/mol. The summed E-state index contributed by atoms with van der Waals surface area (Å²) in [4.78, 5) is 40.8. The van der Waals surface area contributed by atoms with Crippen LogP contribution in [0.3, 0.4) is 0 Å². The van der Waals surface area contributed by atoms with Crippen LogP contribution in [0, 0.1) is 11.7 Å². The number of nitrogens with zero attached hydrogens (tertiary/aromatic N) is 2. The van der Waals surface area contributed by atoms with Crippen molar-refractivity contribution in [2.75, 3.05) is 25.0 Å². The van der Waals surface area contributed by atoms with Gasteiger partial charge in [0.15, 0.2) is 5.78 Å². The zero-order chi connectivity index (χ0) is 32.8. The molecular formula is C35H43ClFN3O6. The molecule has 1 aromatic heterocycles. The van der Waals surface area contributed by atoms with E-state index >= 15 is 4.39 Å². The number of rotatable bonds is 13. The molecule has 1 aliphatic carbocycles. The topological polar surface area (TPSA) is 99.1 Å². The number of fused-ring (bicyclic) bond motifs is 1. The van der Waals surface area contributed by atoms with Crippen LogP contribution in [0.2, 0.25) is 5.02 Å². The number of amides is 1. The number of aromatic nitrogens is 1. The van der Waals surface area contributed by atoms with Gasteiger partial charge in [0.1, 0.15) is 11.9 Å². The second kappa shape index (κ2) is 15.5. The molecule has 2 atom stereocenters. The maximum absolute atomic E-state index is 15.3. The summed E-state index contributed by atoms with van der Waals surface area (Å²) in [5, 5.41) is 3.62. The number of ether oxygens (including phenoxy) is 3. The molecule has 46 heavy (non-hydrogen) atoms. The molecule has 11 heteroatoms. The summed E-state index contributed by atoms with van der Waals surface area (Å²) in [7, 11) is 1.85. The number of hydrogen-bond acceptors (Lipinski definition) is 7. The van der Waals surface area contributed by atoms with E-state index in [9.17, 15) is 14.4 Å². The first-order valence-corrected chi connectivity index (χ1v) is 16.6. The number of hydrogen-bond donors (Lipinski definition) is 1. The minimum atomic E-state index is -0.814. The number of carbonyl (C=O) groups excluding carboxylic acids is 3. The highest BCUT2D eigenvalue weighted by molar-refractivity contribution is 6.34. The van der Waals surface area contributed by atoms with E-state index < -0.39 is 24.2 Å². The first-order chi connectivity index (χ1) is 22.2. The van der Waals surface area contributed by atoms with E-state index in [0.29, 0.717) is 44.3 Å². The van der Waals surface area contributed by atoms with Crippen LogP contribution in [0.5, 0.6) is 0 Å². The number of nitrogens with one attached hydrogen (secondary N) is 1. The molecule has 1 saturated carbocycles. The molecule has 0 bridgehead atoms. The highest BCUT2D eigenvalue weighted by Gasteiger charge is 2.34. The smallest absolute Gasteiger partial charge is 0.308 e. The fraction of sp³-hybridized carbons (Fsp3) is 0.514. The largest absolute Gasteiger partial charge is 0.466 e. The molecule has 2 aromatic carbocycles. The van der Waals surface area contributed by atoms with Crippen molar-refractivity contribution in [3.8, 4) is 0 Å². The molecule has 1 saturated heterocycles. The fourth-order valence-electron chi connectivity index (χ4n) is 6.39. The summed E-state index contributed by atoms with van der Waals surface area (Å²) in [6.45, 7) is 5.62. The van der Waals surface area contributed by atoms with E-state index in [0.717, 1.165) is 42.9 Å². The van der Waals surface area contributed by atoms with Gasteiger partial charge in [-0.15, -0.1) is 0 Å². The van der Waals surface area contributed by atoms with E-state index in [4.69, 9.17) is 25.8 Å². The van der Waals surface area contributed by atoms with E-state index in [-0.39, 0.29) is 46.5 Å². The molecule has 5 rings (SSSR count).